The topological polar surface area (TPSA) is 15.3 Å². The van der Waals surface area contributed by atoms with Crippen LogP contribution in [0.4, 0.5) is 0 Å². The number of nitrogens with one attached hydrogen (secondary N) is 1. The van der Waals surface area contributed by atoms with Crippen LogP contribution in [-0.4, -0.2) is 30.1 Å². The van der Waals surface area contributed by atoms with Gasteiger partial charge >= 0.3 is 0 Å². The molecule has 110 valence electrons. The van der Waals surface area contributed by atoms with Gasteiger partial charge in [-0.3, -0.25) is 4.90 Å². The van der Waals surface area contributed by atoms with Crippen molar-refractivity contribution in [2.75, 3.05) is 19.6 Å². The lowest BCUT2D eigenvalue weighted by Crippen LogP contribution is -2.62. The standard InChI is InChI=1S/C18H28N2/c1-14(2)11-20-12-17(15-7-5-4-6-8-15)19-13-18(20,3)16-9-10-16/h4-8,14,16-17,19H,9-13H2,1-3H3. The molecule has 1 saturated heterocycles. The largest absolute Gasteiger partial charge is 0.307 e. The van der Waals surface area contributed by atoms with E-state index in [1.54, 1.807) is 0 Å². The van der Waals surface area contributed by atoms with Crippen LogP contribution in [0.25, 0.3) is 0 Å². The fourth-order valence-corrected chi connectivity index (χ4v) is 3.68. The highest BCUT2D eigenvalue weighted by atomic mass is 15.3. The highest BCUT2D eigenvalue weighted by Crippen LogP contribution is 2.45. The lowest BCUT2D eigenvalue weighted by Gasteiger charge is -2.49. The van der Waals surface area contributed by atoms with Crippen LogP contribution < -0.4 is 5.32 Å². The van der Waals surface area contributed by atoms with E-state index in [0.29, 0.717) is 11.6 Å². The molecule has 20 heavy (non-hydrogen) atoms. The molecule has 2 nitrogen and oxygen atoms in total. The Bertz CT molecular complexity index is 438. The Balaban J connectivity index is 1.77. The van der Waals surface area contributed by atoms with Gasteiger partial charge in [-0.2, -0.15) is 0 Å². The van der Waals surface area contributed by atoms with Gasteiger partial charge in [0.2, 0.25) is 0 Å². The summed E-state index contributed by atoms with van der Waals surface area (Å²) in [4.78, 5) is 2.77. The highest BCUT2D eigenvalue weighted by molar-refractivity contribution is 5.21. The van der Waals surface area contributed by atoms with Gasteiger partial charge in [0, 0.05) is 31.2 Å². The molecule has 1 aromatic carbocycles. The Morgan fingerprint density at radius 3 is 2.55 bits per heavy atom. The van der Waals surface area contributed by atoms with Gasteiger partial charge in [0.15, 0.2) is 0 Å². The van der Waals surface area contributed by atoms with Gasteiger partial charge < -0.3 is 5.32 Å². The van der Waals surface area contributed by atoms with E-state index >= 15 is 0 Å². The predicted octanol–water partition coefficient (Wildman–Crippen LogP) is 3.46. The fraction of sp³-hybridized carbons (Fsp3) is 0.667. The van der Waals surface area contributed by atoms with Crippen LogP contribution in [0.2, 0.25) is 0 Å². The highest BCUT2D eigenvalue weighted by Gasteiger charge is 2.48. The second kappa shape index (κ2) is 5.50. The van der Waals surface area contributed by atoms with Crippen molar-refractivity contribution in [2.24, 2.45) is 11.8 Å². The van der Waals surface area contributed by atoms with Crippen LogP contribution in [0.3, 0.4) is 0 Å². The molecule has 0 amide bonds. The van der Waals surface area contributed by atoms with Crippen LogP contribution >= 0.6 is 0 Å². The molecule has 2 fully saturated rings. The molecule has 2 heteroatoms. The third kappa shape index (κ3) is 2.77. The van der Waals surface area contributed by atoms with Crippen molar-refractivity contribution in [1.82, 2.24) is 10.2 Å². The third-order valence-corrected chi connectivity index (χ3v) is 5.08. The fourth-order valence-electron chi connectivity index (χ4n) is 3.68. The lowest BCUT2D eigenvalue weighted by atomic mass is 9.87. The minimum Gasteiger partial charge on any atom is -0.307 e. The molecule has 2 unspecified atom stereocenters. The van der Waals surface area contributed by atoms with Gasteiger partial charge in [0.1, 0.15) is 0 Å². The average molecular weight is 272 g/mol. The Morgan fingerprint density at radius 2 is 1.95 bits per heavy atom. The van der Waals surface area contributed by atoms with Crippen LogP contribution in [0.1, 0.15) is 45.2 Å². The van der Waals surface area contributed by atoms with E-state index < -0.39 is 0 Å². The Labute approximate surface area is 123 Å². The van der Waals surface area contributed by atoms with Crippen molar-refractivity contribution < 1.29 is 0 Å². The molecule has 0 bridgehead atoms. The normalized spacial score (nSPS) is 31.7. The molecule has 0 aromatic heterocycles. The van der Waals surface area contributed by atoms with Crippen molar-refractivity contribution >= 4 is 0 Å². The molecule has 1 N–H and O–H groups in total. The van der Waals surface area contributed by atoms with Gasteiger partial charge in [-0.25, -0.2) is 0 Å². The molecule has 0 spiro atoms. The second-order valence-electron chi connectivity index (χ2n) is 7.27. The summed E-state index contributed by atoms with van der Waals surface area (Å²) in [5.74, 6) is 1.65. The first kappa shape index (κ1) is 14.1. The third-order valence-electron chi connectivity index (χ3n) is 5.08. The summed E-state index contributed by atoms with van der Waals surface area (Å²) in [5, 5.41) is 3.81. The smallest absolute Gasteiger partial charge is 0.0450 e. The summed E-state index contributed by atoms with van der Waals surface area (Å²) < 4.78 is 0. The zero-order chi connectivity index (χ0) is 14.2. The molecule has 1 heterocycles. The summed E-state index contributed by atoms with van der Waals surface area (Å²) in [6.07, 6.45) is 2.84. The molecule has 1 aromatic rings. The van der Waals surface area contributed by atoms with Gasteiger partial charge in [-0.1, -0.05) is 44.2 Å². The Hall–Kier alpha value is -0.860. The molecule has 1 saturated carbocycles. The van der Waals surface area contributed by atoms with Crippen molar-refractivity contribution in [3.63, 3.8) is 0 Å². The van der Waals surface area contributed by atoms with E-state index in [1.807, 2.05) is 0 Å². The maximum absolute atomic E-state index is 3.81. The number of hydrogen-bond acceptors (Lipinski definition) is 2. The maximum Gasteiger partial charge on any atom is 0.0450 e. The van der Waals surface area contributed by atoms with E-state index in [4.69, 9.17) is 0 Å². The van der Waals surface area contributed by atoms with Crippen LogP contribution in [0, 0.1) is 11.8 Å². The summed E-state index contributed by atoms with van der Waals surface area (Å²) >= 11 is 0. The van der Waals surface area contributed by atoms with Crippen LogP contribution in [0.5, 0.6) is 0 Å². The molecule has 3 rings (SSSR count). The first-order valence-electron chi connectivity index (χ1n) is 8.13. The lowest BCUT2D eigenvalue weighted by molar-refractivity contribution is 0.0251. The summed E-state index contributed by atoms with van der Waals surface area (Å²) in [7, 11) is 0. The number of piperazine rings is 1. The van der Waals surface area contributed by atoms with E-state index in [9.17, 15) is 0 Å². The van der Waals surface area contributed by atoms with Crippen molar-refractivity contribution in [2.45, 2.75) is 45.2 Å². The van der Waals surface area contributed by atoms with Gasteiger partial charge in [0.25, 0.3) is 0 Å². The molecule has 2 atom stereocenters. The second-order valence-corrected chi connectivity index (χ2v) is 7.27. The van der Waals surface area contributed by atoms with Gasteiger partial charge in [-0.05, 0) is 37.2 Å². The molecular formula is C18H28N2. The average Bonchev–Trinajstić information content (AvgIpc) is 3.27. The van der Waals surface area contributed by atoms with Gasteiger partial charge in [-0.15, -0.1) is 0 Å². The molecule has 2 aliphatic rings. The predicted molar refractivity (Wildman–Crippen MR) is 84.7 cm³/mol. The van der Waals surface area contributed by atoms with E-state index in [1.165, 1.54) is 24.9 Å². The molecule has 0 radical (unpaired) electrons. The Kier molecular flexibility index (Phi) is 3.87. The Morgan fingerprint density at radius 1 is 1.25 bits per heavy atom. The van der Waals surface area contributed by atoms with Crippen molar-refractivity contribution in [3.05, 3.63) is 35.9 Å². The van der Waals surface area contributed by atoms with Crippen molar-refractivity contribution in [3.8, 4) is 0 Å². The number of benzene rings is 1. The monoisotopic (exact) mass is 272 g/mol. The summed E-state index contributed by atoms with van der Waals surface area (Å²) in [6, 6.07) is 11.4. The maximum atomic E-state index is 3.81. The minimum absolute atomic E-state index is 0.371. The van der Waals surface area contributed by atoms with E-state index in [0.717, 1.165) is 24.9 Å². The minimum atomic E-state index is 0.371. The van der Waals surface area contributed by atoms with Gasteiger partial charge in [0.05, 0.1) is 0 Å². The van der Waals surface area contributed by atoms with Crippen molar-refractivity contribution in [1.29, 1.82) is 0 Å². The van der Waals surface area contributed by atoms with E-state index in [2.05, 4.69) is 61.3 Å². The van der Waals surface area contributed by atoms with Crippen LogP contribution in [0.15, 0.2) is 30.3 Å². The first-order valence-corrected chi connectivity index (χ1v) is 8.13. The molecule has 1 aliphatic heterocycles. The SMILES string of the molecule is CC(C)CN1CC(c2ccccc2)NCC1(C)C1CC1. The van der Waals surface area contributed by atoms with E-state index in [-0.39, 0.29) is 0 Å². The molecular weight excluding hydrogens is 244 g/mol. The first-order chi connectivity index (χ1) is 9.59. The molecule has 1 aliphatic carbocycles. The quantitative estimate of drug-likeness (QED) is 0.903. The zero-order valence-electron chi connectivity index (χ0n) is 13.1. The zero-order valence-corrected chi connectivity index (χ0v) is 13.1. The summed E-state index contributed by atoms with van der Waals surface area (Å²) in [6.45, 7) is 10.7. The number of hydrogen-bond donors (Lipinski definition) is 1. The number of rotatable bonds is 4. The number of nitrogens with zero attached hydrogens (tertiary/aromatic N) is 1. The summed E-state index contributed by atoms with van der Waals surface area (Å²) in [5.41, 5.74) is 1.80. The van der Waals surface area contributed by atoms with Crippen LogP contribution in [-0.2, 0) is 0 Å².